The summed E-state index contributed by atoms with van der Waals surface area (Å²) >= 11 is 0. The highest BCUT2D eigenvalue weighted by atomic mass is 16.1. The molecule has 0 amide bonds. The topological polar surface area (TPSA) is 89.6 Å². The number of hydrogen-bond acceptors (Lipinski definition) is 4. The van der Waals surface area contributed by atoms with Gasteiger partial charge in [-0.3, -0.25) is 4.57 Å². The maximum absolute atomic E-state index is 12.3. The van der Waals surface area contributed by atoms with Crippen molar-refractivity contribution in [3.8, 4) is 0 Å². The summed E-state index contributed by atoms with van der Waals surface area (Å²) in [6.45, 7) is 0.437. The van der Waals surface area contributed by atoms with Crippen LogP contribution in [0.5, 0.6) is 0 Å². The van der Waals surface area contributed by atoms with Gasteiger partial charge in [-0.1, -0.05) is 48.6 Å². The number of anilines is 1. The molecule has 6 nitrogen and oxygen atoms in total. The zero-order valence-electron chi connectivity index (χ0n) is 12.4. The Bertz CT molecular complexity index is 995. The number of allylic oxidation sites excluding steroid dienone is 4. The molecule has 0 fully saturated rings. The molecule has 0 radical (unpaired) electrons. The molecule has 0 saturated heterocycles. The fraction of sp³-hybridized carbons (Fsp3) is 0.118. The summed E-state index contributed by atoms with van der Waals surface area (Å²) in [5.41, 5.74) is 8.83. The van der Waals surface area contributed by atoms with Crippen LogP contribution in [-0.2, 0) is 6.54 Å². The normalized spacial score (nSPS) is 13.7. The van der Waals surface area contributed by atoms with E-state index < -0.39 is 0 Å². The van der Waals surface area contributed by atoms with Gasteiger partial charge in [0.1, 0.15) is 5.52 Å². The lowest BCUT2D eigenvalue weighted by molar-refractivity contribution is 0.776. The van der Waals surface area contributed by atoms with Crippen LogP contribution in [0, 0.1) is 0 Å². The van der Waals surface area contributed by atoms with Gasteiger partial charge in [-0.25, -0.2) is 14.8 Å². The molecule has 1 aromatic carbocycles. The second-order valence-electron chi connectivity index (χ2n) is 5.46. The van der Waals surface area contributed by atoms with Gasteiger partial charge in [-0.2, -0.15) is 0 Å². The lowest BCUT2D eigenvalue weighted by atomic mass is 10.2. The molecule has 114 valence electrons. The number of nitrogens with two attached hydrogens (primary N) is 1. The molecule has 0 saturated carbocycles. The van der Waals surface area contributed by atoms with Crippen LogP contribution >= 0.6 is 0 Å². The predicted octanol–water partition coefficient (Wildman–Crippen LogP) is 2.09. The summed E-state index contributed by atoms with van der Waals surface area (Å²) in [5.74, 6) is 0.863. The summed E-state index contributed by atoms with van der Waals surface area (Å²) in [5, 5.41) is 0. The van der Waals surface area contributed by atoms with Crippen LogP contribution in [0.15, 0.2) is 53.4 Å². The van der Waals surface area contributed by atoms with Crippen LogP contribution < -0.4 is 11.4 Å². The first-order valence-corrected chi connectivity index (χ1v) is 7.38. The second-order valence-corrected chi connectivity index (χ2v) is 5.46. The van der Waals surface area contributed by atoms with Crippen molar-refractivity contribution in [1.82, 2.24) is 19.5 Å². The molecule has 6 heteroatoms. The molecule has 0 spiro atoms. The minimum atomic E-state index is -0.236. The third kappa shape index (κ3) is 2.34. The van der Waals surface area contributed by atoms with Gasteiger partial charge in [0.25, 0.3) is 0 Å². The molecule has 4 rings (SSSR count). The quantitative estimate of drug-likeness (QED) is 0.775. The van der Waals surface area contributed by atoms with Crippen molar-refractivity contribution in [2.45, 2.75) is 13.0 Å². The molecule has 3 aromatic rings. The monoisotopic (exact) mass is 305 g/mol. The summed E-state index contributed by atoms with van der Waals surface area (Å²) in [4.78, 5) is 23.9. The fourth-order valence-corrected chi connectivity index (χ4v) is 2.72. The number of rotatable bonds is 3. The Kier molecular flexibility index (Phi) is 3.08. The van der Waals surface area contributed by atoms with Crippen LogP contribution in [-0.4, -0.2) is 19.5 Å². The first kappa shape index (κ1) is 13.5. The zero-order valence-corrected chi connectivity index (χ0v) is 12.4. The molecule has 1 aliphatic carbocycles. The maximum Gasteiger partial charge on any atom is 0.328 e. The van der Waals surface area contributed by atoms with Gasteiger partial charge in [0.05, 0.1) is 6.54 Å². The van der Waals surface area contributed by atoms with Crippen LogP contribution in [0.3, 0.4) is 0 Å². The first-order valence-electron chi connectivity index (χ1n) is 7.38. The largest absolute Gasteiger partial charge is 0.382 e. The number of nitrogens with one attached hydrogen (secondary N) is 1. The Morgan fingerprint density at radius 3 is 2.78 bits per heavy atom. The minimum Gasteiger partial charge on any atom is -0.382 e. The van der Waals surface area contributed by atoms with Gasteiger partial charge >= 0.3 is 5.69 Å². The molecule has 2 heterocycles. The number of H-pyrrole nitrogens is 1. The second kappa shape index (κ2) is 5.24. The number of nitrogens with zero attached hydrogens (tertiary/aromatic N) is 3. The zero-order chi connectivity index (χ0) is 15.8. The Hall–Kier alpha value is -3.15. The van der Waals surface area contributed by atoms with Crippen LogP contribution in [0.25, 0.3) is 16.7 Å². The lowest BCUT2D eigenvalue weighted by Crippen LogP contribution is -2.17. The highest BCUT2D eigenvalue weighted by molar-refractivity contribution is 5.83. The molecule has 0 aliphatic heterocycles. The van der Waals surface area contributed by atoms with Crippen LogP contribution in [0.4, 0.5) is 5.82 Å². The first-order chi connectivity index (χ1) is 11.2. The maximum atomic E-state index is 12.3. The molecule has 3 N–H and O–H groups in total. The van der Waals surface area contributed by atoms with Gasteiger partial charge in [0.2, 0.25) is 0 Å². The SMILES string of the molecule is Nc1nc(C2=CC=CC2)nc2c1[nH]c(=O)n2Cc1ccccc1. The molecule has 2 aromatic heterocycles. The van der Waals surface area contributed by atoms with Crippen molar-refractivity contribution in [3.63, 3.8) is 0 Å². The number of aromatic amines is 1. The van der Waals surface area contributed by atoms with E-state index in [1.165, 1.54) is 0 Å². The predicted molar refractivity (Wildman–Crippen MR) is 89.8 cm³/mol. The van der Waals surface area contributed by atoms with Gasteiger partial charge in [-0.05, 0) is 12.0 Å². The van der Waals surface area contributed by atoms with E-state index in [-0.39, 0.29) is 5.69 Å². The van der Waals surface area contributed by atoms with Crippen molar-refractivity contribution >= 4 is 22.6 Å². The van der Waals surface area contributed by atoms with E-state index in [1.54, 1.807) is 4.57 Å². The highest BCUT2D eigenvalue weighted by Crippen LogP contribution is 2.23. The average Bonchev–Trinajstić information content (AvgIpc) is 3.19. The lowest BCUT2D eigenvalue weighted by Gasteiger charge is -2.06. The average molecular weight is 305 g/mol. The van der Waals surface area contributed by atoms with Gasteiger partial charge < -0.3 is 10.7 Å². The summed E-state index contributed by atoms with van der Waals surface area (Å²) in [7, 11) is 0. The van der Waals surface area contributed by atoms with Crippen molar-refractivity contribution in [2.24, 2.45) is 0 Å². The number of benzene rings is 1. The Morgan fingerprint density at radius 2 is 2.04 bits per heavy atom. The molecule has 0 atom stereocenters. The fourth-order valence-electron chi connectivity index (χ4n) is 2.72. The van der Waals surface area contributed by atoms with E-state index in [1.807, 2.05) is 48.6 Å². The van der Waals surface area contributed by atoms with Crippen molar-refractivity contribution in [1.29, 1.82) is 0 Å². The molecule has 0 unspecified atom stereocenters. The van der Waals surface area contributed by atoms with E-state index >= 15 is 0 Å². The summed E-state index contributed by atoms with van der Waals surface area (Å²) < 4.78 is 1.59. The number of hydrogen-bond donors (Lipinski definition) is 2. The molecule has 1 aliphatic rings. The minimum absolute atomic E-state index is 0.236. The molecule has 0 bridgehead atoms. The van der Waals surface area contributed by atoms with E-state index in [0.717, 1.165) is 17.6 Å². The number of fused-ring (bicyclic) bond motifs is 1. The third-order valence-electron chi connectivity index (χ3n) is 3.89. The Morgan fingerprint density at radius 1 is 1.22 bits per heavy atom. The summed E-state index contributed by atoms with van der Waals surface area (Å²) in [6, 6.07) is 9.78. The van der Waals surface area contributed by atoms with Crippen molar-refractivity contribution < 1.29 is 0 Å². The molecular formula is C17H15N5O. The third-order valence-corrected chi connectivity index (χ3v) is 3.89. The van der Waals surface area contributed by atoms with Crippen LogP contribution in [0.1, 0.15) is 17.8 Å². The number of imidazole rings is 1. The van der Waals surface area contributed by atoms with E-state index in [4.69, 9.17) is 5.73 Å². The van der Waals surface area contributed by atoms with E-state index in [2.05, 4.69) is 15.0 Å². The van der Waals surface area contributed by atoms with Gasteiger partial charge in [0.15, 0.2) is 17.3 Å². The number of aromatic nitrogens is 4. The van der Waals surface area contributed by atoms with Gasteiger partial charge in [0, 0.05) is 5.57 Å². The Balaban J connectivity index is 1.87. The smallest absolute Gasteiger partial charge is 0.328 e. The van der Waals surface area contributed by atoms with Crippen molar-refractivity contribution in [2.75, 3.05) is 5.73 Å². The standard InChI is InChI=1S/C17H15N5O/c18-14-13-16(21-15(20-14)12-8-4-5-9-12)22(17(23)19-13)10-11-6-2-1-3-7-11/h1-8H,9-10H2,(H,19,23)(H2,18,20,21). The van der Waals surface area contributed by atoms with E-state index in [0.29, 0.717) is 29.4 Å². The molecule has 23 heavy (non-hydrogen) atoms. The molecular weight excluding hydrogens is 290 g/mol. The number of nitrogen functional groups attached to an aromatic ring is 1. The van der Waals surface area contributed by atoms with Crippen molar-refractivity contribution in [3.05, 3.63) is 70.4 Å². The van der Waals surface area contributed by atoms with Crippen LogP contribution in [0.2, 0.25) is 0 Å². The Labute approximate surface area is 132 Å². The summed E-state index contributed by atoms with van der Waals surface area (Å²) in [6.07, 6.45) is 6.74. The van der Waals surface area contributed by atoms with Gasteiger partial charge in [-0.15, -0.1) is 0 Å². The highest BCUT2D eigenvalue weighted by Gasteiger charge is 2.16. The van der Waals surface area contributed by atoms with E-state index in [9.17, 15) is 4.79 Å².